The maximum Gasteiger partial charge on any atom is 0.270 e. The number of aromatic nitrogens is 4. The van der Waals surface area contributed by atoms with Crippen LogP contribution in [0.2, 0.25) is 0 Å². The molecule has 1 amide bonds. The molecular formula is C26H32N6O. The van der Waals surface area contributed by atoms with Gasteiger partial charge in [-0.1, -0.05) is 30.1 Å². The zero-order chi connectivity index (χ0) is 23.5. The summed E-state index contributed by atoms with van der Waals surface area (Å²) in [5.74, 6) is -0.0882. The topological polar surface area (TPSA) is 95.6 Å². The van der Waals surface area contributed by atoms with Crippen molar-refractivity contribution in [3.63, 3.8) is 0 Å². The van der Waals surface area contributed by atoms with Crippen LogP contribution in [0.15, 0.2) is 29.8 Å². The van der Waals surface area contributed by atoms with Gasteiger partial charge >= 0.3 is 0 Å². The van der Waals surface area contributed by atoms with Gasteiger partial charge in [-0.05, 0) is 110 Å². The SMILES string of the molecule is CC(=Cc1c(C)c(C)c(-c2ccc(NC3CCCC3)cc2)c(C)c1C)C(=O)Nc1nn[nH]n1. The Kier molecular flexibility index (Phi) is 6.58. The van der Waals surface area contributed by atoms with Crippen LogP contribution in [0, 0.1) is 27.7 Å². The summed E-state index contributed by atoms with van der Waals surface area (Å²) in [7, 11) is 0. The highest BCUT2D eigenvalue weighted by molar-refractivity contribution is 6.05. The number of benzene rings is 2. The monoisotopic (exact) mass is 444 g/mol. The first-order valence-electron chi connectivity index (χ1n) is 11.6. The van der Waals surface area contributed by atoms with Crippen LogP contribution in [0.1, 0.15) is 60.4 Å². The third-order valence-electron chi connectivity index (χ3n) is 6.87. The van der Waals surface area contributed by atoms with Crippen LogP contribution in [-0.2, 0) is 4.79 Å². The fourth-order valence-electron chi connectivity index (χ4n) is 4.73. The van der Waals surface area contributed by atoms with Crippen LogP contribution in [0.25, 0.3) is 17.2 Å². The first-order valence-corrected chi connectivity index (χ1v) is 11.6. The number of carbonyl (C=O) groups excluding carboxylic acids is 1. The van der Waals surface area contributed by atoms with Crippen molar-refractivity contribution in [2.75, 3.05) is 10.6 Å². The normalized spacial score (nSPS) is 14.5. The molecule has 1 aromatic heterocycles. The van der Waals surface area contributed by atoms with Crippen molar-refractivity contribution >= 4 is 23.6 Å². The summed E-state index contributed by atoms with van der Waals surface area (Å²) in [6, 6.07) is 9.42. The number of hydrogen-bond acceptors (Lipinski definition) is 5. The molecule has 0 atom stereocenters. The van der Waals surface area contributed by atoms with Gasteiger partial charge in [0.1, 0.15) is 0 Å². The van der Waals surface area contributed by atoms with E-state index in [1.807, 2.05) is 6.08 Å². The predicted molar refractivity (Wildman–Crippen MR) is 133 cm³/mol. The van der Waals surface area contributed by atoms with Crippen molar-refractivity contribution in [3.05, 3.63) is 57.7 Å². The van der Waals surface area contributed by atoms with Crippen LogP contribution in [0.3, 0.4) is 0 Å². The molecule has 4 rings (SSSR count). The number of rotatable bonds is 6. The smallest absolute Gasteiger partial charge is 0.270 e. The second kappa shape index (κ2) is 9.57. The molecule has 1 fully saturated rings. The van der Waals surface area contributed by atoms with E-state index in [9.17, 15) is 4.79 Å². The van der Waals surface area contributed by atoms with Gasteiger partial charge in [-0.3, -0.25) is 10.1 Å². The molecule has 7 nitrogen and oxygen atoms in total. The van der Waals surface area contributed by atoms with E-state index < -0.39 is 0 Å². The van der Waals surface area contributed by atoms with E-state index in [0.717, 1.165) is 5.56 Å². The highest BCUT2D eigenvalue weighted by atomic mass is 16.1. The molecular weight excluding hydrogens is 412 g/mol. The molecule has 172 valence electrons. The summed E-state index contributed by atoms with van der Waals surface area (Å²) in [4.78, 5) is 12.5. The molecule has 7 heteroatoms. The van der Waals surface area contributed by atoms with Crippen molar-refractivity contribution < 1.29 is 4.79 Å². The minimum absolute atomic E-state index is 0.162. The summed E-state index contributed by atoms with van der Waals surface area (Å²) in [6.07, 6.45) is 7.12. The number of anilines is 2. The third kappa shape index (κ3) is 4.82. The lowest BCUT2D eigenvalue weighted by atomic mass is 9.85. The van der Waals surface area contributed by atoms with Crippen molar-refractivity contribution in [2.24, 2.45) is 0 Å². The standard InChI is InChI=1S/C26H32N6O/c1-15(25(33)28-26-29-31-32-30-26)14-23-16(2)18(4)24(19(5)17(23)3)20-10-12-22(13-11-20)27-21-8-6-7-9-21/h10-14,21,27H,6-9H2,1-5H3,(H2,28,29,30,31,32,33). The zero-order valence-electron chi connectivity index (χ0n) is 20.0. The van der Waals surface area contributed by atoms with Crippen LogP contribution in [0.5, 0.6) is 0 Å². The van der Waals surface area contributed by atoms with E-state index >= 15 is 0 Å². The Morgan fingerprint density at radius 3 is 2.21 bits per heavy atom. The van der Waals surface area contributed by atoms with Crippen molar-refractivity contribution in [3.8, 4) is 11.1 Å². The molecule has 0 bridgehead atoms. The molecule has 3 N–H and O–H groups in total. The Morgan fingerprint density at radius 2 is 1.64 bits per heavy atom. The Balaban J connectivity index is 1.62. The molecule has 33 heavy (non-hydrogen) atoms. The molecule has 1 aliphatic rings. The van der Waals surface area contributed by atoms with E-state index in [2.05, 4.69) is 83.2 Å². The number of amides is 1. The van der Waals surface area contributed by atoms with Crippen LogP contribution < -0.4 is 10.6 Å². The van der Waals surface area contributed by atoms with E-state index in [1.54, 1.807) is 6.92 Å². The van der Waals surface area contributed by atoms with Crippen LogP contribution in [0.4, 0.5) is 11.6 Å². The van der Waals surface area contributed by atoms with Gasteiger partial charge in [-0.2, -0.15) is 5.21 Å². The lowest BCUT2D eigenvalue weighted by Gasteiger charge is -2.20. The number of nitrogens with one attached hydrogen (secondary N) is 3. The van der Waals surface area contributed by atoms with Gasteiger partial charge in [-0.25, -0.2) is 0 Å². The second-order valence-electron chi connectivity index (χ2n) is 9.01. The Hall–Kier alpha value is -3.48. The minimum atomic E-state index is -0.250. The number of hydrogen-bond donors (Lipinski definition) is 3. The average Bonchev–Trinajstić information content (AvgIpc) is 3.51. The molecule has 1 aliphatic carbocycles. The summed E-state index contributed by atoms with van der Waals surface area (Å²) < 4.78 is 0. The number of H-pyrrole nitrogens is 1. The van der Waals surface area contributed by atoms with Crippen LogP contribution >= 0.6 is 0 Å². The number of carbonyl (C=O) groups is 1. The molecule has 1 saturated carbocycles. The fourth-order valence-corrected chi connectivity index (χ4v) is 4.73. The van der Waals surface area contributed by atoms with Crippen molar-refractivity contribution in [2.45, 2.75) is 66.3 Å². The zero-order valence-corrected chi connectivity index (χ0v) is 20.0. The van der Waals surface area contributed by atoms with Gasteiger partial charge in [-0.15, -0.1) is 5.10 Å². The quantitative estimate of drug-likeness (QED) is 0.437. The molecule has 0 unspecified atom stereocenters. The second-order valence-corrected chi connectivity index (χ2v) is 9.01. The lowest BCUT2D eigenvalue weighted by Crippen LogP contribution is -2.14. The lowest BCUT2D eigenvalue weighted by molar-refractivity contribution is -0.112. The van der Waals surface area contributed by atoms with Crippen LogP contribution in [-0.4, -0.2) is 32.6 Å². The number of nitrogens with zero attached hydrogens (tertiary/aromatic N) is 3. The number of aromatic amines is 1. The highest BCUT2D eigenvalue weighted by Gasteiger charge is 2.18. The fraction of sp³-hybridized carbons (Fsp3) is 0.385. The Labute approximate surface area is 195 Å². The molecule has 2 aromatic carbocycles. The molecule has 0 aliphatic heterocycles. The van der Waals surface area contributed by atoms with Gasteiger partial charge in [0.15, 0.2) is 0 Å². The highest BCUT2D eigenvalue weighted by Crippen LogP contribution is 2.36. The summed E-state index contributed by atoms with van der Waals surface area (Å²) in [5.41, 5.74) is 10.1. The predicted octanol–water partition coefficient (Wildman–Crippen LogP) is 5.50. The van der Waals surface area contributed by atoms with E-state index in [4.69, 9.17) is 0 Å². The van der Waals surface area contributed by atoms with E-state index in [-0.39, 0.29) is 11.9 Å². The third-order valence-corrected chi connectivity index (χ3v) is 6.87. The van der Waals surface area contributed by atoms with Gasteiger partial charge in [0.2, 0.25) is 0 Å². The first-order chi connectivity index (χ1) is 15.8. The van der Waals surface area contributed by atoms with Gasteiger partial charge in [0.05, 0.1) is 0 Å². The van der Waals surface area contributed by atoms with Crippen molar-refractivity contribution in [1.82, 2.24) is 20.6 Å². The minimum Gasteiger partial charge on any atom is -0.382 e. The number of tetrazole rings is 1. The van der Waals surface area contributed by atoms with Gasteiger partial charge in [0, 0.05) is 17.3 Å². The van der Waals surface area contributed by atoms with E-state index in [1.165, 1.54) is 64.8 Å². The molecule has 0 saturated heterocycles. The largest absolute Gasteiger partial charge is 0.382 e. The Bertz CT molecular complexity index is 1140. The molecule has 3 aromatic rings. The van der Waals surface area contributed by atoms with Gasteiger partial charge in [0.25, 0.3) is 11.9 Å². The van der Waals surface area contributed by atoms with Crippen molar-refractivity contribution in [1.29, 1.82) is 0 Å². The summed E-state index contributed by atoms with van der Waals surface area (Å²) in [5, 5.41) is 19.7. The van der Waals surface area contributed by atoms with E-state index in [0.29, 0.717) is 11.6 Å². The molecule has 0 spiro atoms. The maximum atomic E-state index is 12.5. The maximum absolute atomic E-state index is 12.5. The molecule has 0 radical (unpaired) electrons. The Morgan fingerprint density at radius 1 is 1.00 bits per heavy atom. The summed E-state index contributed by atoms with van der Waals surface area (Å²) >= 11 is 0. The first kappa shape index (κ1) is 22.7. The molecule has 1 heterocycles. The summed E-state index contributed by atoms with van der Waals surface area (Å²) in [6.45, 7) is 10.4. The average molecular weight is 445 g/mol. The van der Waals surface area contributed by atoms with Gasteiger partial charge < -0.3 is 5.32 Å².